The summed E-state index contributed by atoms with van der Waals surface area (Å²) in [6, 6.07) is 6.75. The summed E-state index contributed by atoms with van der Waals surface area (Å²) >= 11 is 0. The Balaban J connectivity index is 2.06. The van der Waals surface area contributed by atoms with Crippen LogP contribution in [0, 0.1) is 0 Å². The molecule has 1 atom stereocenters. The summed E-state index contributed by atoms with van der Waals surface area (Å²) in [6.07, 6.45) is 9.21. The maximum atomic E-state index is 4.14. The van der Waals surface area contributed by atoms with Gasteiger partial charge in [0, 0.05) is 37.4 Å². The quantitative estimate of drug-likeness (QED) is 0.845. The second kappa shape index (κ2) is 6.36. The molecule has 0 saturated heterocycles. The molecule has 96 valence electrons. The highest BCUT2D eigenvalue weighted by molar-refractivity contribution is 5.17. The molecule has 0 bridgehead atoms. The molecule has 0 radical (unpaired) electrons. The van der Waals surface area contributed by atoms with Crippen LogP contribution in [0.15, 0.2) is 43.0 Å². The Hall–Kier alpha value is -1.61. The Kier molecular flexibility index (Phi) is 4.53. The second-order valence-electron chi connectivity index (χ2n) is 4.50. The number of nitrogens with one attached hydrogen (secondary N) is 1. The Bertz CT molecular complexity index is 462. The fourth-order valence-electron chi connectivity index (χ4n) is 2.21. The molecular formula is C15H21N3. The fourth-order valence-corrected chi connectivity index (χ4v) is 2.21. The lowest BCUT2D eigenvalue weighted by Gasteiger charge is -2.13. The first-order valence-corrected chi connectivity index (χ1v) is 6.61. The van der Waals surface area contributed by atoms with Crippen LogP contribution in [-0.4, -0.2) is 16.1 Å². The summed E-state index contributed by atoms with van der Waals surface area (Å²) in [5, 5.41) is 3.50. The SMILES string of the molecule is CCNC(CC)c1ccn(Cc2cccnc2)c1. The van der Waals surface area contributed by atoms with Gasteiger partial charge < -0.3 is 9.88 Å². The lowest BCUT2D eigenvalue weighted by Crippen LogP contribution is -2.19. The zero-order chi connectivity index (χ0) is 12.8. The van der Waals surface area contributed by atoms with E-state index >= 15 is 0 Å². The van der Waals surface area contributed by atoms with Gasteiger partial charge in [-0.05, 0) is 36.2 Å². The van der Waals surface area contributed by atoms with E-state index in [4.69, 9.17) is 0 Å². The summed E-state index contributed by atoms with van der Waals surface area (Å²) < 4.78 is 2.21. The van der Waals surface area contributed by atoms with Gasteiger partial charge in [0.25, 0.3) is 0 Å². The van der Waals surface area contributed by atoms with Gasteiger partial charge in [-0.25, -0.2) is 0 Å². The first-order valence-electron chi connectivity index (χ1n) is 6.61. The van der Waals surface area contributed by atoms with Gasteiger partial charge in [-0.2, -0.15) is 0 Å². The van der Waals surface area contributed by atoms with Gasteiger partial charge in [0.2, 0.25) is 0 Å². The van der Waals surface area contributed by atoms with Crippen molar-refractivity contribution < 1.29 is 0 Å². The molecule has 1 N–H and O–H groups in total. The van der Waals surface area contributed by atoms with Crippen LogP contribution in [0.25, 0.3) is 0 Å². The normalized spacial score (nSPS) is 12.6. The van der Waals surface area contributed by atoms with E-state index in [1.54, 1.807) is 0 Å². The van der Waals surface area contributed by atoms with Crippen LogP contribution in [0.1, 0.15) is 37.4 Å². The van der Waals surface area contributed by atoms with E-state index in [0.29, 0.717) is 6.04 Å². The molecule has 2 rings (SSSR count). The monoisotopic (exact) mass is 243 g/mol. The fraction of sp³-hybridized carbons (Fsp3) is 0.400. The van der Waals surface area contributed by atoms with Gasteiger partial charge in [0.05, 0.1) is 0 Å². The summed E-state index contributed by atoms with van der Waals surface area (Å²) in [4.78, 5) is 4.14. The molecule has 0 spiro atoms. The second-order valence-corrected chi connectivity index (χ2v) is 4.50. The van der Waals surface area contributed by atoms with Crippen molar-refractivity contribution in [1.82, 2.24) is 14.9 Å². The molecule has 0 fully saturated rings. The highest BCUT2D eigenvalue weighted by Crippen LogP contribution is 2.17. The van der Waals surface area contributed by atoms with Crippen molar-refractivity contribution in [2.24, 2.45) is 0 Å². The first kappa shape index (κ1) is 12.8. The van der Waals surface area contributed by atoms with Crippen LogP contribution in [0.2, 0.25) is 0 Å². The number of hydrogen-bond donors (Lipinski definition) is 1. The Morgan fingerprint density at radius 1 is 1.33 bits per heavy atom. The molecule has 0 aromatic carbocycles. The standard InChI is InChI=1S/C15H21N3/c1-3-15(17-4-2)14-7-9-18(12-14)11-13-6-5-8-16-10-13/h5-10,12,15,17H,3-4,11H2,1-2H3. The molecule has 3 heteroatoms. The minimum atomic E-state index is 0.463. The average molecular weight is 243 g/mol. The van der Waals surface area contributed by atoms with E-state index in [0.717, 1.165) is 19.5 Å². The Morgan fingerprint density at radius 2 is 2.22 bits per heavy atom. The molecule has 0 aliphatic rings. The van der Waals surface area contributed by atoms with Crippen LogP contribution < -0.4 is 5.32 Å². The molecule has 0 aliphatic carbocycles. The van der Waals surface area contributed by atoms with Gasteiger partial charge in [0.15, 0.2) is 0 Å². The van der Waals surface area contributed by atoms with Crippen molar-refractivity contribution in [2.75, 3.05) is 6.54 Å². The molecule has 2 aromatic heterocycles. The molecule has 2 heterocycles. The third-order valence-electron chi connectivity index (χ3n) is 3.12. The zero-order valence-corrected chi connectivity index (χ0v) is 11.1. The number of pyridine rings is 1. The third-order valence-corrected chi connectivity index (χ3v) is 3.12. The molecular weight excluding hydrogens is 222 g/mol. The molecule has 0 amide bonds. The zero-order valence-electron chi connectivity index (χ0n) is 11.1. The van der Waals surface area contributed by atoms with E-state index < -0.39 is 0 Å². The molecule has 0 saturated carbocycles. The first-order chi connectivity index (χ1) is 8.83. The van der Waals surface area contributed by atoms with Gasteiger partial charge in [-0.15, -0.1) is 0 Å². The predicted molar refractivity (Wildman–Crippen MR) is 74.5 cm³/mol. The highest BCUT2D eigenvalue weighted by atomic mass is 15.0. The molecule has 3 nitrogen and oxygen atoms in total. The Morgan fingerprint density at radius 3 is 2.89 bits per heavy atom. The highest BCUT2D eigenvalue weighted by Gasteiger charge is 2.08. The van der Waals surface area contributed by atoms with Crippen molar-refractivity contribution in [3.8, 4) is 0 Å². The van der Waals surface area contributed by atoms with Gasteiger partial charge >= 0.3 is 0 Å². The van der Waals surface area contributed by atoms with Crippen LogP contribution in [0.3, 0.4) is 0 Å². The largest absolute Gasteiger partial charge is 0.350 e. The van der Waals surface area contributed by atoms with Crippen molar-refractivity contribution >= 4 is 0 Å². The van der Waals surface area contributed by atoms with E-state index in [2.05, 4.69) is 53.2 Å². The van der Waals surface area contributed by atoms with Crippen LogP contribution in [0.5, 0.6) is 0 Å². The summed E-state index contributed by atoms with van der Waals surface area (Å²) in [5.41, 5.74) is 2.60. The van der Waals surface area contributed by atoms with Crippen molar-refractivity contribution in [3.63, 3.8) is 0 Å². The molecule has 18 heavy (non-hydrogen) atoms. The lowest BCUT2D eigenvalue weighted by atomic mass is 10.1. The number of aromatic nitrogens is 2. The molecule has 0 aliphatic heterocycles. The topological polar surface area (TPSA) is 29.9 Å². The third kappa shape index (κ3) is 3.20. The van der Waals surface area contributed by atoms with Crippen LogP contribution in [-0.2, 0) is 6.54 Å². The molecule has 1 unspecified atom stereocenters. The maximum absolute atomic E-state index is 4.14. The van der Waals surface area contributed by atoms with Gasteiger partial charge in [0.1, 0.15) is 0 Å². The summed E-state index contributed by atoms with van der Waals surface area (Å²) in [6.45, 7) is 6.25. The average Bonchev–Trinajstić information content (AvgIpc) is 2.85. The summed E-state index contributed by atoms with van der Waals surface area (Å²) in [7, 11) is 0. The maximum Gasteiger partial charge on any atom is 0.0485 e. The van der Waals surface area contributed by atoms with E-state index in [1.165, 1.54) is 11.1 Å². The van der Waals surface area contributed by atoms with Crippen LogP contribution in [0.4, 0.5) is 0 Å². The minimum absolute atomic E-state index is 0.463. The van der Waals surface area contributed by atoms with Crippen molar-refractivity contribution in [1.29, 1.82) is 0 Å². The number of rotatable bonds is 6. The van der Waals surface area contributed by atoms with Crippen molar-refractivity contribution in [2.45, 2.75) is 32.9 Å². The van der Waals surface area contributed by atoms with Gasteiger partial charge in [-0.3, -0.25) is 4.98 Å². The van der Waals surface area contributed by atoms with Crippen LogP contribution >= 0.6 is 0 Å². The van der Waals surface area contributed by atoms with Gasteiger partial charge in [-0.1, -0.05) is 19.9 Å². The lowest BCUT2D eigenvalue weighted by molar-refractivity contribution is 0.536. The minimum Gasteiger partial charge on any atom is -0.350 e. The number of nitrogens with zero attached hydrogens (tertiary/aromatic N) is 2. The Labute approximate surface area is 109 Å². The number of hydrogen-bond acceptors (Lipinski definition) is 2. The van der Waals surface area contributed by atoms with E-state index in [9.17, 15) is 0 Å². The predicted octanol–water partition coefficient (Wildman–Crippen LogP) is 2.99. The smallest absolute Gasteiger partial charge is 0.0485 e. The molecule has 2 aromatic rings. The summed E-state index contributed by atoms with van der Waals surface area (Å²) in [5.74, 6) is 0. The van der Waals surface area contributed by atoms with E-state index in [1.807, 2.05) is 18.5 Å². The van der Waals surface area contributed by atoms with Crippen molar-refractivity contribution in [3.05, 3.63) is 54.1 Å². The van der Waals surface area contributed by atoms with E-state index in [-0.39, 0.29) is 0 Å².